The normalized spacial score (nSPS) is 20.1. The van der Waals surface area contributed by atoms with Crippen LogP contribution in [0.5, 0.6) is 5.75 Å². The fourth-order valence-electron chi connectivity index (χ4n) is 1.94. The maximum Gasteiger partial charge on any atom is 0.494 e. The second kappa shape index (κ2) is 5.97. The molecule has 1 aliphatic rings. The smallest absolute Gasteiger partial charge is 0.493 e. The number of nitrogens with two attached hydrogens (primary N) is 1. The summed E-state index contributed by atoms with van der Waals surface area (Å²) in [7, 11) is -0.354. The predicted molar refractivity (Wildman–Crippen MR) is 84.3 cm³/mol. The first-order chi connectivity index (χ1) is 9.36. The van der Waals surface area contributed by atoms with Crippen LogP contribution in [0.4, 0.5) is 0 Å². The summed E-state index contributed by atoms with van der Waals surface area (Å²) < 4.78 is 17.7. The highest BCUT2D eigenvalue weighted by Crippen LogP contribution is 2.36. The average Bonchev–Trinajstić information content (AvgIpc) is 2.59. The van der Waals surface area contributed by atoms with Gasteiger partial charge in [-0.1, -0.05) is 24.1 Å². The van der Waals surface area contributed by atoms with Crippen molar-refractivity contribution in [2.75, 3.05) is 12.4 Å². The molecule has 0 saturated carbocycles. The van der Waals surface area contributed by atoms with Gasteiger partial charge in [0.2, 0.25) is 0 Å². The first kappa shape index (κ1) is 15.7. The van der Waals surface area contributed by atoms with Gasteiger partial charge in [0.15, 0.2) is 0 Å². The number of hydrogen-bond donors (Lipinski definition) is 1. The van der Waals surface area contributed by atoms with Gasteiger partial charge in [0.05, 0.1) is 17.8 Å². The molecule has 1 aromatic rings. The lowest BCUT2D eigenvalue weighted by Crippen LogP contribution is -2.41. The van der Waals surface area contributed by atoms with Crippen LogP contribution in [-0.2, 0) is 9.31 Å². The summed E-state index contributed by atoms with van der Waals surface area (Å²) in [6.45, 7) is 8.78. The Hall–Kier alpha value is -0.685. The Balaban J connectivity index is 2.09. The van der Waals surface area contributed by atoms with Gasteiger partial charge in [-0.2, -0.15) is 0 Å². The SMILES string of the molecule is CC1(C)OB(c2cccc(OCCSN)c2)OC1(C)C. The number of benzene rings is 1. The Morgan fingerprint density at radius 2 is 1.85 bits per heavy atom. The van der Waals surface area contributed by atoms with Gasteiger partial charge in [-0.3, -0.25) is 5.14 Å². The van der Waals surface area contributed by atoms with E-state index in [9.17, 15) is 0 Å². The standard InChI is InChI=1S/C14H22BNO3S/c1-13(2)14(3,4)19-15(18-13)11-6-5-7-12(10-11)17-8-9-20-16/h5-7,10H,8-9,16H2,1-4H3. The van der Waals surface area contributed by atoms with Crippen LogP contribution in [-0.4, -0.2) is 30.7 Å². The summed E-state index contributed by atoms with van der Waals surface area (Å²) in [4.78, 5) is 0. The van der Waals surface area contributed by atoms with Crippen LogP contribution >= 0.6 is 11.9 Å². The molecule has 0 aliphatic carbocycles. The summed E-state index contributed by atoms with van der Waals surface area (Å²) >= 11 is 1.28. The van der Waals surface area contributed by atoms with E-state index in [1.165, 1.54) is 11.9 Å². The molecule has 0 unspecified atom stereocenters. The maximum atomic E-state index is 6.03. The average molecular weight is 295 g/mol. The minimum atomic E-state index is -0.354. The van der Waals surface area contributed by atoms with Crippen molar-refractivity contribution >= 4 is 24.5 Å². The summed E-state index contributed by atoms with van der Waals surface area (Å²) in [5.74, 6) is 1.58. The molecule has 4 nitrogen and oxygen atoms in total. The second-order valence-electron chi connectivity index (χ2n) is 5.88. The molecular formula is C14H22BNO3S. The highest BCUT2D eigenvalue weighted by atomic mass is 32.2. The topological polar surface area (TPSA) is 53.7 Å². The van der Waals surface area contributed by atoms with Gasteiger partial charge >= 0.3 is 7.12 Å². The van der Waals surface area contributed by atoms with E-state index in [0.717, 1.165) is 17.0 Å². The molecule has 2 rings (SSSR count). The lowest BCUT2D eigenvalue weighted by molar-refractivity contribution is 0.00578. The van der Waals surface area contributed by atoms with Crippen LogP contribution in [0.3, 0.4) is 0 Å². The van der Waals surface area contributed by atoms with Crippen LogP contribution < -0.4 is 15.3 Å². The van der Waals surface area contributed by atoms with E-state index in [4.69, 9.17) is 19.2 Å². The van der Waals surface area contributed by atoms with E-state index < -0.39 is 0 Å². The number of rotatable bonds is 5. The van der Waals surface area contributed by atoms with Crippen molar-refractivity contribution in [3.63, 3.8) is 0 Å². The van der Waals surface area contributed by atoms with E-state index in [0.29, 0.717) is 6.61 Å². The maximum absolute atomic E-state index is 6.03. The predicted octanol–water partition coefficient (Wildman–Crippen LogP) is 1.97. The van der Waals surface area contributed by atoms with Crippen molar-refractivity contribution in [1.82, 2.24) is 0 Å². The Morgan fingerprint density at radius 1 is 1.20 bits per heavy atom. The fraction of sp³-hybridized carbons (Fsp3) is 0.571. The molecule has 110 valence electrons. The zero-order valence-electron chi connectivity index (χ0n) is 12.5. The summed E-state index contributed by atoms with van der Waals surface area (Å²) in [5.41, 5.74) is 0.316. The molecule has 0 atom stereocenters. The van der Waals surface area contributed by atoms with Gasteiger partial charge < -0.3 is 14.0 Å². The third-order valence-electron chi connectivity index (χ3n) is 3.85. The molecule has 0 aromatic heterocycles. The van der Waals surface area contributed by atoms with E-state index in [-0.39, 0.29) is 18.3 Å². The third kappa shape index (κ3) is 3.31. The van der Waals surface area contributed by atoms with Crippen LogP contribution in [0.2, 0.25) is 0 Å². The summed E-state index contributed by atoms with van der Waals surface area (Å²) in [6, 6.07) is 7.83. The Labute approximate surface area is 125 Å². The van der Waals surface area contributed by atoms with Crippen molar-refractivity contribution in [2.45, 2.75) is 38.9 Å². The summed E-state index contributed by atoms with van der Waals surface area (Å²) in [5, 5.41) is 5.38. The molecule has 0 radical (unpaired) electrons. The van der Waals surface area contributed by atoms with Gasteiger partial charge in [0.1, 0.15) is 5.75 Å². The van der Waals surface area contributed by atoms with Gasteiger partial charge in [-0.25, -0.2) is 0 Å². The summed E-state index contributed by atoms with van der Waals surface area (Å²) in [6.07, 6.45) is 0. The van der Waals surface area contributed by atoms with E-state index in [1.807, 2.05) is 52.0 Å². The Morgan fingerprint density at radius 3 is 2.45 bits per heavy atom. The molecule has 1 heterocycles. The van der Waals surface area contributed by atoms with E-state index >= 15 is 0 Å². The molecule has 1 saturated heterocycles. The van der Waals surface area contributed by atoms with Crippen LogP contribution in [0.15, 0.2) is 24.3 Å². The fourth-order valence-corrected chi connectivity index (χ4v) is 2.12. The number of ether oxygens (including phenoxy) is 1. The molecule has 1 fully saturated rings. The molecule has 1 aliphatic heterocycles. The Kier molecular flexibility index (Phi) is 4.69. The molecule has 0 spiro atoms. The zero-order valence-corrected chi connectivity index (χ0v) is 13.3. The minimum Gasteiger partial charge on any atom is -0.493 e. The highest BCUT2D eigenvalue weighted by molar-refractivity contribution is 7.97. The van der Waals surface area contributed by atoms with Gasteiger partial charge in [0.25, 0.3) is 0 Å². The molecule has 0 bridgehead atoms. The zero-order chi connectivity index (χ0) is 14.8. The lowest BCUT2D eigenvalue weighted by Gasteiger charge is -2.32. The minimum absolute atomic E-state index is 0.329. The molecule has 2 N–H and O–H groups in total. The van der Waals surface area contributed by atoms with Crippen LogP contribution in [0.1, 0.15) is 27.7 Å². The molecule has 6 heteroatoms. The van der Waals surface area contributed by atoms with Crippen molar-refractivity contribution in [3.05, 3.63) is 24.3 Å². The highest BCUT2D eigenvalue weighted by Gasteiger charge is 2.51. The molecular weight excluding hydrogens is 273 g/mol. The van der Waals surface area contributed by atoms with Crippen LogP contribution in [0, 0.1) is 0 Å². The first-order valence-electron chi connectivity index (χ1n) is 6.76. The molecule has 20 heavy (non-hydrogen) atoms. The van der Waals surface area contributed by atoms with Crippen molar-refractivity contribution in [1.29, 1.82) is 0 Å². The van der Waals surface area contributed by atoms with Gasteiger partial charge in [-0.15, -0.1) is 0 Å². The van der Waals surface area contributed by atoms with E-state index in [1.54, 1.807) is 0 Å². The largest absolute Gasteiger partial charge is 0.494 e. The van der Waals surface area contributed by atoms with Crippen molar-refractivity contribution in [3.8, 4) is 5.75 Å². The quantitative estimate of drug-likeness (QED) is 0.511. The van der Waals surface area contributed by atoms with Crippen LogP contribution in [0.25, 0.3) is 0 Å². The second-order valence-corrected chi connectivity index (χ2v) is 6.62. The Bertz CT molecular complexity index is 451. The first-order valence-corrected chi connectivity index (χ1v) is 7.81. The molecule has 1 aromatic carbocycles. The van der Waals surface area contributed by atoms with Gasteiger partial charge in [0, 0.05) is 5.75 Å². The lowest BCUT2D eigenvalue weighted by atomic mass is 9.79. The van der Waals surface area contributed by atoms with Crippen molar-refractivity contribution < 1.29 is 14.0 Å². The van der Waals surface area contributed by atoms with Crippen molar-refractivity contribution in [2.24, 2.45) is 5.14 Å². The van der Waals surface area contributed by atoms with Gasteiger partial charge in [-0.05, 0) is 45.3 Å². The monoisotopic (exact) mass is 295 g/mol. The molecule has 0 amide bonds. The van der Waals surface area contributed by atoms with E-state index in [2.05, 4.69) is 0 Å². The number of hydrogen-bond acceptors (Lipinski definition) is 5. The third-order valence-corrected chi connectivity index (χ3v) is 4.26.